The fraction of sp³-hybridized carbons (Fsp3) is 0.935. The summed E-state index contributed by atoms with van der Waals surface area (Å²) < 4.78 is 16.9. The molecule has 7 heteroatoms. The first-order valence-corrected chi connectivity index (χ1v) is 23.1. The molecule has 0 saturated heterocycles. The fourth-order valence-corrected chi connectivity index (χ4v) is 6.95. The molecule has 7 nitrogen and oxygen atoms in total. The van der Waals surface area contributed by atoms with Crippen molar-refractivity contribution in [3.8, 4) is 0 Å². The molecule has 314 valence electrons. The van der Waals surface area contributed by atoms with E-state index in [1.54, 1.807) is 0 Å². The van der Waals surface area contributed by atoms with Crippen molar-refractivity contribution in [2.45, 2.75) is 264 Å². The van der Waals surface area contributed by atoms with Gasteiger partial charge in [-0.25, -0.2) is 0 Å². The van der Waals surface area contributed by atoms with Crippen molar-refractivity contribution in [2.24, 2.45) is 0 Å². The van der Waals surface area contributed by atoms with E-state index in [4.69, 9.17) is 14.2 Å². The summed E-state index contributed by atoms with van der Waals surface area (Å²) in [4.78, 5) is 38.2. The molecule has 0 fully saturated rings. The lowest BCUT2D eigenvalue weighted by Gasteiger charge is -2.25. The van der Waals surface area contributed by atoms with E-state index in [1.165, 1.54) is 154 Å². The van der Waals surface area contributed by atoms with Gasteiger partial charge in [-0.3, -0.25) is 14.4 Å². The summed E-state index contributed by atoms with van der Waals surface area (Å²) in [6, 6.07) is 0. The summed E-state index contributed by atoms with van der Waals surface area (Å²) in [5.41, 5.74) is 0. The van der Waals surface area contributed by atoms with Crippen LogP contribution in [0.4, 0.5) is 0 Å². The number of aliphatic hydroxyl groups excluding tert-OH is 1. The van der Waals surface area contributed by atoms with Gasteiger partial charge >= 0.3 is 17.9 Å². The van der Waals surface area contributed by atoms with Gasteiger partial charge in [0.15, 0.2) is 12.2 Å². The molecule has 0 aromatic carbocycles. The summed E-state index contributed by atoms with van der Waals surface area (Å²) in [5, 5.41) is 10.2. The topological polar surface area (TPSA) is 99.1 Å². The first-order chi connectivity index (χ1) is 26.0. The van der Waals surface area contributed by atoms with E-state index >= 15 is 0 Å². The molecule has 0 bridgehead atoms. The normalized spacial score (nSPS) is 12.5. The minimum Gasteiger partial charge on any atom is -0.462 e. The van der Waals surface area contributed by atoms with Crippen LogP contribution in [-0.4, -0.2) is 48.4 Å². The van der Waals surface area contributed by atoms with E-state index in [2.05, 4.69) is 20.8 Å². The number of hydrogen-bond donors (Lipinski definition) is 1. The van der Waals surface area contributed by atoms with Crippen molar-refractivity contribution in [3.63, 3.8) is 0 Å². The van der Waals surface area contributed by atoms with Crippen LogP contribution in [-0.2, 0) is 28.6 Å². The molecule has 0 unspecified atom stereocenters. The Kier molecular flexibility index (Phi) is 40.3. The zero-order valence-corrected chi connectivity index (χ0v) is 35.4. The third-order valence-corrected chi connectivity index (χ3v) is 10.5. The van der Waals surface area contributed by atoms with E-state index in [1.807, 2.05) is 0 Å². The predicted octanol–water partition coefficient (Wildman–Crippen LogP) is 13.4. The van der Waals surface area contributed by atoms with Crippen molar-refractivity contribution < 1.29 is 33.7 Å². The first kappa shape index (κ1) is 51.4. The van der Waals surface area contributed by atoms with Crippen LogP contribution < -0.4 is 0 Å². The molecule has 0 aliphatic rings. The van der Waals surface area contributed by atoms with Gasteiger partial charge in [-0.05, 0) is 19.3 Å². The van der Waals surface area contributed by atoms with Gasteiger partial charge in [0.25, 0.3) is 0 Å². The van der Waals surface area contributed by atoms with Crippen LogP contribution in [0.2, 0.25) is 0 Å². The Morgan fingerprint density at radius 3 is 0.887 bits per heavy atom. The average molecular weight is 753 g/mol. The highest BCUT2D eigenvalue weighted by Gasteiger charge is 2.30. The summed E-state index contributed by atoms with van der Waals surface area (Å²) in [7, 11) is 0. The van der Waals surface area contributed by atoms with Gasteiger partial charge in [-0.2, -0.15) is 0 Å². The lowest BCUT2D eigenvalue weighted by molar-refractivity contribution is -0.179. The number of hydrogen-bond acceptors (Lipinski definition) is 7. The highest BCUT2D eigenvalue weighted by Crippen LogP contribution is 2.17. The molecule has 0 amide bonds. The number of carbonyl (C=O) groups excluding carboxylic acids is 3. The molecule has 0 saturated carbocycles. The first-order valence-electron chi connectivity index (χ1n) is 23.1. The van der Waals surface area contributed by atoms with Crippen LogP contribution in [0.3, 0.4) is 0 Å². The van der Waals surface area contributed by atoms with Crippen LogP contribution in [0.15, 0.2) is 0 Å². The number of ether oxygens (including phenoxy) is 3. The summed E-state index contributed by atoms with van der Waals surface area (Å²) >= 11 is 0. The van der Waals surface area contributed by atoms with Crippen LogP contribution in [0, 0.1) is 0 Å². The highest BCUT2D eigenvalue weighted by atomic mass is 16.6. The third kappa shape index (κ3) is 37.1. The van der Waals surface area contributed by atoms with Gasteiger partial charge in [0, 0.05) is 19.3 Å². The zero-order valence-electron chi connectivity index (χ0n) is 35.4. The van der Waals surface area contributed by atoms with Crippen molar-refractivity contribution in [2.75, 3.05) is 13.2 Å². The summed E-state index contributed by atoms with van der Waals surface area (Å²) in [6.45, 7) is 6.00. The van der Waals surface area contributed by atoms with E-state index in [9.17, 15) is 19.5 Å². The predicted molar refractivity (Wildman–Crippen MR) is 221 cm³/mol. The van der Waals surface area contributed by atoms with Gasteiger partial charge in [0.05, 0.1) is 6.61 Å². The molecule has 0 aromatic heterocycles. The second-order valence-corrected chi connectivity index (χ2v) is 15.8. The zero-order chi connectivity index (χ0) is 38.9. The Morgan fingerprint density at radius 2 is 0.604 bits per heavy atom. The number of carbonyl (C=O) groups is 3. The van der Waals surface area contributed by atoms with Crippen LogP contribution in [0.25, 0.3) is 0 Å². The molecule has 0 rings (SSSR count). The fourth-order valence-electron chi connectivity index (χ4n) is 6.95. The standard InChI is InChI=1S/C46H88O7/c1-4-7-10-13-16-19-22-25-28-31-34-37-44(48)51-41-43(53-46(50)39-36-33-30-27-24-21-18-15-12-9-6-3)42(40-47)52-45(49)38-35-32-29-26-23-20-17-14-11-8-5-2/h42-43,47H,4-41H2,1-3H3/t42-,43+/m1/s1. The third-order valence-electron chi connectivity index (χ3n) is 10.5. The molecule has 0 heterocycles. The molecular weight excluding hydrogens is 664 g/mol. The van der Waals surface area contributed by atoms with Gasteiger partial charge in [0.1, 0.15) is 6.61 Å². The second-order valence-electron chi connectivity index (χ2n) is 15.8. The van der Waals surface area contributed by atoms with Crippen molar-refractivity contribution in [1.82, 2.24) is 0 Å². The Hall–Kier alpha value is -1.63. The molecule has 1 N–H and O–H groups in total. The van der Waals surface area contributed by atoms with Gasteiger partial charge < -0.3 is 19.3 Å². The maximum Gasteiger partial charge on any atom is 0.306 e. The largest absolute Gasteiger partial charge is 0.462 e. The maximum absolute atomic E-state index is 12.8. The van der Waals surface area contributed by atoms with Gasteiger partial charge in [-0.1, -0.05) is 213 Å². The molecule has 0 aromatic rings. The minimum atomic E-state index is -1.06. The van der Waals surface area contributed by atoms with Crippen LogP contribution >= 0.6 is 0 Å². The second kappa shape index (κ2) is 41.5. The average Bonchev–Trinajstić information content (AvgIpc) is 3.15. The number of unbranched alkanes of at least 4 members (excludes halogenated alkanes) is 30. The minimum absolute atomic E-state index is 0.224. The lowest BCUT2D eigenvalue weighted by atomic mass is 10.1. The molecule has 0 radical (unpaired) electrons. The molecule has 0 aliphatic carbocycles. The highest BCUT2D eigenvalue weighted by molar-refractivity contribution is 5.71. The summed E-state index contributed by atoms with van der Waals surface area (Å²) in [5.74, 6) is -1.18. The smallest absolute Gasteiger partial charge is 0.306 e. The van der Waals surface area contributed by atoms with E-state index < -0.39 is 30.8 Å². The van der Waals surface area contributed by atoms with E-state index in [-0.39, 0.29) is 25.4 Å². The Balaban J connectivity index is 4.60. The maximum atomic E-state index is 12.8. The Morgan fingerprint density at radius 1 is 0.358 bits per heavy atom. The van der Waals surface area contributed by atoms with Crippen molar-refractivity contribution >= 4 is 17.9 Å². The monoisotopic (exact) mass is 753 g/mol. The van der Waals surface area contributed by atoms with Crippen LogP contribution in [0.5, 0.6) is 0 Å². The van der Waals surface area contributed by atoms with Gasteiger partial charge in [-0.15, -0.1) is 0 Å². The van der Waals surface area contributed by atoms with Crippen molar-refractivity contribution in [3.05, 3.63) is 0 Å². The number of aliphatic hydroxyl groups is 1. The molecular formula is C46H88O7. The Bertz CT molecular complexity index is 801. The number of rotatable bonds is 42. The summed E-state index contributed by atoms with van der Waals surface area (Å²) in [6.07, 6.45) is 38.1. The van der Waals surface area contributed by atoms with E-state index in [0.717, 1.165) is 57.8 Å². The molecule has 53 heavy (non-hydrogen) atoms. The van der Waals surface area contributed by atoms with E-state index in [0.29, 0.717) is 6.42 Å². The molecule has 2 atom stereocenters. The van der Waals surface area contributed by atoms with Crippen LogP contribution in [0.1, 0.15) is 252 Å². The molecule has 0 spiro atoms. The van der Waals surface area contributed by atoms with Crippen molar-refractivity contribution in [1.29, 1.82) is 0 Å². The number of esters is 3. The lowest BCUT2D eigenvalue weighted by Crippen LogP contribution is -2.41. The SMILES string of the molecule is CCCCCCCCCCCCCC(=O)OC[C@H](OC(=O)CCCCCCCCCCCCC)[C@@H](CO)OC(=O)CCCCCCCCCCCCC. The molecule has 0 aliphatic heterocycles. The quantitative estimate of drug-likeness (QED) is 0.0376. The van der Waals surface area contributed by atoms with Gasteiger partial charge in [0.2, 0.25) is 0 Å². The Labute approximate surface area is 328 Å².